The molecule has 8 heteroatoms. The van der Waals surface area contributed by atoms with Gasteiger partial charge in [0.05, 0.1) is 6.54 Å². The molecule has 0 radical (unpaired) electrons. The largest absolute Gasteiger partial charge is 0.330 e. The van der Waals surface area contributed by atoms with Gasteiger partial charge >= 0.3 is 6.03 Å². The Bertz CT molecular complexity index is 1070. The molecule has 0 unspecified atom stereocenters. The molecule has 2 aromatic rings. The lowest BCUT2D eigenvalue weighted by Crippen LogP contribution is -2.54. The third kappa shape index (κ3) is 3.07. The lowest BCUT2D eigenvalue weighted by atomic mass is 9.99. The summed E-state index contributed by atoms with van der Waals surface area (Å²) in [7, 11) is 0. The van der Waals surface area contributed by atoms with E-state index >= 15 is 0 Å². The summed E-state index contributed by atoms with van der Waals surface area (Å²) in [6, 6.07) is 8.49. The standard InChI is InChI=1S/C20H13F2N3O3/c21-14-4-1-12(2-5-14)7-8-20(18(27)23-19(28)24-20)11-25-10-13-3-6-15(22)9-16(13)17(25)26/h1-6,9H,10-11H2,(H2,23,24,27,28)/t20-/m1/s1. The van der Waals surface area contributed by atoms with E-state index in [1.807, 2.05) is 0 Å². The molecular weight excluding hydrogens is 368 g/mol. The lowest BCUT2D eigenvalue weighted by molar-refractivity contribution is -0.122. The predicted molar refractivity (Wildman–Crippen MR) is 93.8 cm³/mol. The number of halogens is 2. The number of urea groups is 1. The highest BCUT2D eigenvalue weighted by atomic mass is 19.1. The number of nitrogens with one attached hydrogen (secondary N) is 2. The molecule has 1 atom stereocenters. The van der Waals surface area contributed by atoms with Gasteiger partial charge in [0.2, 0.25) is 5.54 Å². The van der Waals surface area contributed by atoms with E-state index < -0.39 is 35.0 Å². The Labute approximate surface area is 158 Å². The lowest BCUT2D eigenvalue weighted by Gasteiger charge is -2.26. The smallest absolute Gasteiger partial charge is 0.323 e. The van der Waals surface area contributed by atoms with Crippen molar-refractivity contribution in [2.75, 3.05) is 6.54 Å². The molecule has 0 aromatic heterocycles. The van der Waals surface area contributed by atoms with Crippen LogP contribution in [0.25, 0.3) is 0 Å². The Morgan fingerprint density at radius 2 is 1.75 bits per heavy atom. The van der Waals surface area contributed by atoms with Crippen molar-refractivity contribution < 1.29 is 23.2 Å². The van der Waals surface area contributed by atoms with Gasteiger partial charge in [-0.2, -0.15) is 0 Å². The summed E-state index contributed by atoms with van der Waals surface area (Å²) in [5, 5.41) is 4.59. The molecule has 2 aliphatic rings. The van der Waals surface area contributed by atoms with Crippen molar-refractivity contribution in [3.63, 3.8) is 0 Å². The van der Waals surface area contributed by atoms with Crippen LogP contribution in [0.1, 0.15) is 21.5 Å². The maximum Gasteiger partial charge on any atom is 0.323 e. The summed E-state index contributed by atoms with van der Waals surface area (Å²) in [4.78, 5) is 38.1. The minimum Gasteiger partial charge on any atom is -0.330 e. The second-order valence-corrected chi connectivity index (χ2v) is 6.53. The van der Waals surface area contributed by atoms with Crippen molar-refractivity contribution in [1.82, 2.24) is 15.5 Å². The Balaban J connectivity index is 1.65. The van der Waals surface area contributed by atoms with E-state index in [1.165, 1.54) is 41.3 Å². The van der Waals surface area contributed by atoms with E-state index in [0.29, 0.717) is 11.1 Å². The second-order valence-electron chi connectivity index (χ2n) is 6.53. The molecule has 2 aromatic carbocycles. The second kappa shape index (κ2) is 6.46. The molecule has 28 heavy (non-hydrogen) atoms. The van der Waals surface area contributed by atoms with Crippen molar-refractivity contribution >= 4 is 17.8 Å². The Hall–Kier alpha value is -3.73. The number of carbonyl (C=O) groups excluding carboxylic acids is 3. The van der Waals surface area contributed by atoms with Crippen molar-refractivity contribution in [2.45, 2.75) is 12.1 Å². The van der Waals surface area contributed by atoms with E-state index in [-0.39, 0.29) is 18.7 Å². The first-order valence-corrected chi connectivity index (χ1v) is 8.36. The van der Waals surface area contributed by atoms with Crippen LogP contribution in [-0.4, -0.2) is 34.8 Å². The van der Waals surface area contributed by atoms with Crippen LogP contribution in [0.3, 0.4) is 0 Å². The number of benzene rings is 2. The van der Waals surface area contributed by atoms with Gasteiger partial charge in [-0.05, 0) is 42.0 Å². The maximum atomic E-state index is 13.5. The highest BCUT2D eigenvalue weighted by molar-refractivity contribution is 6.10. The van der Waals surface area contributed by atoms with Gasteiger partial charge in [0, 0.05) is 17.7 Å². The summed E-state index contributed by atoms with van der Waals surface area (Å²) >= 11 is 0. The van der Waals surface area contributed by atoms with E-state index in [1.54, 1.807) is 0 Å². The summed E-state index contributed by atoms with van der Waals surface area (Å²) in [6.07, 6.45) is 0. The number of carbonyl (C=O) groups is 3. The zero-order valence-electron chi connectivity index (χ0n) is 14.4. The van der Waals surface area contributed by atoms with Gasteiger partial charge in [-0.25, -0.2) is 13.6 Å². The number of imide groups is 1. The maximum absolute atomic E-state index is 13.5. The van der Waals surface area contributed by atoms with Crippen LogP contribution >= 0.6 is 0 Å². The molecular formula is C20H13F2N3O3. The van der Waals surface area contributed by atoms with E-state index in [2.05, 4.69) is 22.5 Å². The number of hydrogen-bond donors (Lipinski definition) is 2. The molecule has 0 bridgehead atoms. The molecule has 2 heterocycles. The number of rotatable bonds is 2. The van der Waals surface area contributed by atoms with Crippen molar-refractivity contribution in [3.05, 3.63) is 70.8 Å². The first-order chi connectivity index (χ1) is 13.4. The molecule has 0 spiro atoms. The van der Waals surface area contributed by atoms with Crippen LogP contribution in [0.5, 0.6) is 0 Å². The third-order valence-corrected chi connectivity index (χ3v) is 4.58. The zero-order valence-corrected chi connectivity index (χ0v) is 14.4. The van der Waals surface area contributed by atoms with Crippen LogP contribution in [-0.2, 0) is 11.3 Å². The van der Waals surface area contributed by atoms with Gasteiger partial charge in [-0.1, -0.05) is 17.9 Å². The van der Waals surface area contributed by atoms with Crippen LogP contribution in [0.2, 0.25) is 0 Å². The van der Waals surface area contributed by atoms with Crippen molar-refractivity contribution in [3.8, 4) is 11.8 Å². The Morgan fingerprint density at radius 3 is 2.43 bits per heavy atom. The molecule has 0 aliphatic carbocycles. The third-order valence-electron chi connectivity index (χ3n) is 4.58. The molecule has 4 amide bonds. The normalized spacial score (nSPS) is 20.4. The van der Waals surface area contributed by atoms with Gasteiger partial charge in [0.15, 0.2) is 0 Å². The summed E-state index contributed by atoms with van der Waals surface area (Å²) < 4.78 is 26.5. The average Bonchev–Trinajstić information content (AvgIpc) is 3.11. The zero-order chi connectivity index (χ0) is 19.9. The topological polar surface area (TPSA) is 78.5 Å². The van der Waals surface area contributed by atoms with E-state index in [9.17, 15) is 23.2 Å². The average molecular weight is 381 g/mol. The first-order valence-electron chi connectivity index (χ1n) is 8.36. The molecule has 1 fully saturated rings. The van der Waals surface area contributed by atoms with Gasteiger partial charge in [-0.15, -0.1) is 0 Å². The molecule has 1 saturated heterocycles. The van der Waals surface area contributed by atoms with Crippen LogP contribution in [0.4, 0.5) is 13.6 Å². The molecule has 2 N–H and O–H groups in total. The summed E-state index contributed by atoms with van der Waals surface area (Å²) in [5.74, 6) is 3.34. The number of fused-ring (bicyclic) bond motifs is 1. The first kappa shape index (κ1) is 17.7. The van der Waals surface area contributed by atoms with E-state index in [0.717, 1.165) is 6.07 Å². The highest BCUT2D eigenvalue weighted by Crippen LogP contribution is 2.26. The summed E-state index contributed by atoms with van der Waals surface area (Å²) in [6.45, 7) is -0.0501. The fraction of sp³-hybridized carbons (Fsp3) is 0.150. The fourth-order valence-electron chi connectivity index (χ4n) is 3.19. The molecule has 6 nitrogen and oxygen atoms in total. The van der Waals surface area contributed by atoms with Crippen molar-refractivity contribution in [1.29, 1.82) is 0 Å². The van der Waals surface area contributed by atoms with Crippen LogP contribution in [0.15, 0.2) is 42.5 Å². The van der Waals surface area contributed by atoms with Crippen molar-refractivity contribution in [2.24, 2.45) is 0 Å². The summed E-state index contributed by atoms with van der Waals surface area (Å²) in [5.41, 5.74) is -0.390. The predicted octanol–water partition coefficient (Wildman–Crippen LogP) is 1.55. The van der Waals surface area contributed by atoms with Gasteiger partial charge in [0.25, 0.3) is 11.8 Å². The van der Waals surface area contributed by atoms with Gasteiger partial charge in [-0.3, -0.25) is 14.9 Å². The monoisotopic (exact) mass is 381 g/mol. The molecule has 2 aliphatic heterocycles. The SMILES string of the molecule is O=C1NC(=O)[C@@](C#Cc2ccc(F)cc2)(CN2Cc3ccc(F)cc3C2=O)N1. The fourth-order valence-corrected chi connectivity index (χ4v) is 3.19. The highest BCUT2D eigenvalue weighted by Gasteiger charge is 2.48. The number of hydrogen-bond acceptors (Lipinski definition) is 3. The van der Waals surface area contributed by atoms with Crippen LogP contribution < -0.4 is 10.6 Å². The quantitative estimate of drug-likeness (QED) is 0.612. The van der Waals surface area contributed by atoms with Gasteiger partial charge in [0.1, 0.15) is 11.6 Å². The van der Waals surface area contributed by atoms with Crippen LogP contribution in [0, 0.1) is 23.5 Å². The number of amides is 4. The van der Waals surface area contributed by atoms with E-state index in [4.69, 9.17) is 0 Å². The molecule has 4 rings (SSSR count). The number of nitrogens with zero attached hydrogens (tertiary/aromatic N) is 1. The molecule has 140 valence electrons. The minimum absolute atomic E-state index is 0.164. The Kier molecular flexibility index (Phi) is 4.08. The minimum atomic E-state index is -1.66. The van der Waals surface area contributed by atoms with Gasteiger partial charge < -0.3 is 10.2 Å². The Morgan fingerprint density at radius 1 is 1.04 bits per heavy atom. The molecule has 0 saturated carbocycles.